The summed E-state index contributed by atoms with van der Waals surface area (Å²) in [6, 6.07) is 8.86. The number of hydrogen-bond acceptors (Lipinski definition) is 4. The van der Waals surface area contributed by atoms with Crippen LogP contribution in [0.15, 0.2) is 30.3 Å². The van der Waals surface area contributed by atoms with Gasteiger partial charge in [0.05, 0.1) is 27.4 Å². The van der Waals surface area contributed by atoms with Gasteiger partial charge in [0.25, 0.3) is 0 Å². The fourth-order valence-corrected chi connectivity index (χ4v) is 3.15. The first kappa shape index (κ1) is 15.6. The summed E-state index contributed by atoms with van der Waals surface area (Å²) in [7, 11) is 4.73. The Labute approximate surface area is 135 Å². The molecule has 0 fully saturated rings. The van der Waals surface area contributed by atoms with Crippen molar-refractivity contribution >= 4 is 0 Å². The number of halogens is 1. The lowest BCUT2D eigenvalue weighted by Gasteiger charge is -2.29. The number of hydrogen-bond donors (Lipinski definition) is 1. The lowest BCUT2D eigenvalue weighted by atomic mass is 9.89. The molecule has 0 saturated heterocycles. The van der Waals surface area contributed by atoms with Crippen LogP contribution in [0.3, 0.4) is 0 Å². The molecule has 1 N–H and O–H groups in total. The van der Waals surface area contributed by atoms with Crippen LogP contribution in [0.5, 0.6) is 17.2 Å². The smallest absolute Gasteiger partial charge is 0.165 e. The first-order valence-corrected chi connectivity index (χ1v) is 7.50. The van der Waals surface area contributed by atoms with Crippen molar-refractivity contribution in [2.75, 3.05) is 27.9 Å². The van der Waals surface area contributed by atoms with E-state index in [-0.39, 0.29) is 17.6 Å². The Bertz CT molecular complexity index is 718. The molecule has 0 amide bonds. The van der Waals surface area contributed by atoms with E-state index in [2.05, 4.69) is 5.32 Å². The predicted octanol–water partition coefficient (Wildman–Crippen LogP) is 3.09. The number of benzene rings is 2. The number of rotatable bonds is 4. The first-order valence-electron chi connectivity index (χ1n) is 7.50. The van der Waals surface area contributed by atoms with Gasteiger partial charge in [0.1, 0.15) is 0 Å². The largest absolute Gasteiger partial charge is 0.494 e. The van der Waals surface area contributed by atoms with Gasteiger partial charge in [-0.05, 0) is 35.7 Å². The molecule has 4 nitrogen and oxygen atoms in total. The maximum atomic E-state index is 14.0. The van der Waals surface area contributed by atoms with E-state index >= 15 is 0 Å². The summed E-state index contributed by atoms with van der Waals surface area (Å²) in [5, 5.41) is 3.44. The number of ether oxygens (including phenoxy) is 3. The summed E-state index contributed by atoms with van der Waals surface area (Å²) in [4.78, 5) is 0. The maximum Gasteiger partial charge on any atom is 0.165 e. The van der Waals surface area contributed by atoms with Crippen molar-refractivity contribution in [2.45, 2.75) is 12.5 Å². The molecule has 2 aromatic rings. The fourth-order valence-electron chi connectivity index (χ4n) is 3.15. The molecule has 0 radical (unpaired) electrons. The topological polar surface area (TPSA) is 39.7 Å². The second-order valence-electron chi connectivity index (χ2n) is 5.40. The van der Waals surface area contributed by atoms with Crippen LogP contribution < -0.4 is 19.5 Å². The van der Waals surface area contributed by atoms with Crippen LogP contribution in [0.25, 0.3) is 0 Å². The van der Waals surface area contributed by atoms with Crippen LogP contribution in [-0.2, 0) is 6.42 Å². The predicted molar refractivity (Wildman–Crippen MR) is 86.0 cm³/mol. The molecule has 0 bridgehead atoms. The molecule has 0 saturated carbocycles. The van der Waals surface area contributed by atoms with Crippen LogP contribution in [0.1, 0.15) is 22.7 Å². The number of fused-ring (bicyclic) bond motifs is 1. The van der Waals surface area contributed by atoms with Crippen molar-refractivity contribution in [3.05, 3.63) is 52.8 Å². The lowest BCUT2D eigenvalue weighted by molar-refractivity contribution is 0.348. The zero-order valence-corrected chi connectivity index (χ0v) is 13.5. The van der Waals surface area contributed by atoms with Gasteiger partial charge in [-0.2, -0.15) is 0 Å². The summed E-state index contributed by atoms with van der Waals surface area (Å²) < 4.78 is 29.9. The average molecular weight is 317 g/mol. The van der Waals surface area contributed by atoms with Gasteiger partial charge in [-0.3, -0.25) is 0 Å². The molecule has 0 aromatic heterocycles. The Morgan fingerprint density at radius 3 is 2.39 bits per heavy atom. The lowest BCUT2D eigenvalue weighted by Crippen LogP contribution is -2.31. The van der Waals surface area contributed by atoms with E-state index in [1.54, 1.807) is 20.3 Å². The molecule has 0 spiro atoms. The number of nitrogens with one attached hydrogen (secondary N) is 1. The third kappa shape index (κ3) is 2.72. The van der Waals surface area contributed by atoms with Crippen LogP contribution in [0, 0.1) is 5.82 Å². The zero-order chi connectivity index (χ0) is 16.4. The standard InChI is InChI=1S/C18H20FNO3/c1-21-15-6-4-11(10-14(15)19)17-12-5-7-16(22-2)18(23-3)13(12)8-9-20-17/h4-7,10,17,20H,8-9H2,1-3H3. The normalized spacial score (nSPS) is 16.6. The Kier molecular flexibility index (Phi) is 4.39. The van der Waals surface area contributed by atoms with Crippen molar-refractivity contribution in [3.63, 3.8) is 0 Å². The van der Waals surface area contributed by atoms with Crippen molar-refractivity contribution in [2.24, 2.45) is 0 Å². The van der Waals surface area contributed by atoms with Crippen molar-refractivity contribution in [1.82, 2.24) is 5.32 Å². The van der Waals surface area contributed by atoms with Crippen molar-refractivity contribution in [1.29, 1.82) is 0 Å². The molecule has 3 rings (SSSR count). The Morgan fingerprint density at radius 2 is 1.74 bits per heavy atom. The summed E-state index contributed by atoms with van der Waals surface area (Å²) in [6.07, 6.45) is 0.838. The summed E-state index contributed by atoms with van der Waals surface area (Å²) in [6.45, 7) is 0.787. The zero-order valence-electron chi connectivity index (χ0n) is 13.5. The first-order chi connectivity index (χ1) is 11.2. The van der Waals surface area contributed by atoms with Crippen LogP contribution in [0.2, 0.25) is 0 Å². The van der Waals surface area contributed by atoms with Gasteiger partial charge < -0.3 is 19.5 Å². The van der Waals surface area contributed by atoms with Gasteiger partial charge in [0, 0.05) is 12.1 Å². The maximum absolute atomic E-state index is 14.0. The summed E-state index contributed by atoms with van der Waals surface area (Å²) in [5.74, 6) is 1.36. The minimum Gasteiger partial charge on any atom is -0.494 e. The second kappa shape index (κ2) is 6.46. The van der Waals surface area contributed by atoms with Gasteiger partial charge in [0.2, 0.25) is 0 Å². The Hall–Kier alpha value is -2.27. The fraction of sp³-hybridized carbons (Fsp3) is 0.333. The summed E-state index contributed by atoms with van der Waals surface area (Å²) in [5.41, 5.74) is 3.04. The third-order valence-corrected chi connectivity index (χ3v) is 4.23. The van der Waals surface area contributed by atoms with E-state index in [1.165, 1.54) is 13.2 Å². The minimum absolute atomic E-state index is 0.0843. The molecule has 1 atom stereocenters. The van der Waals surface area contributed by atoms with Crippen LogP contribution in [-0.4, -0.2) is 27.9 Å². The SMILES string of the molecule is COc1ccc(C2NCCc3c2ccc(OC)c3OC)cc1F. The number of methoxy groups -OCH3 is 3. The highest BCUT2D eigenvalue weighted by Crippen LogP contribution is 2.40. The average Bonchev–Trinajstić information content (AvgIpc) is 2.59. The van der Waals surface area contributed by atoms with Crippen molar-refractivity contribution in [3.8, 4) is 17.2 Å². The molecule has 122 valence electrons. The van der Waals surface area contributed by atoms with Crippen LogP contribution >= 0.6 is 0 Å². The molecule has 0 aliphatic carbocycles. The molecule has 1 heterocycles. The molecule has 1 unspecified atom stereocenters. The van der Waals surface area contributed by atoms with Gasteiger partial charge in [0.15, 0.2) is 23.1 Å². The third-order valence-electron chi connectivity index (χ3n) is 4.23. The van der Waals surface area contributed by atoms with Crippen LogP contribution in [0.4, 0.5) is 4.39 Å². The molecule has 1 aliphatic rings. The molecule has 5 heteroatoms. The highest BCUT2D eigenvalue weighted by atomic mass is 19.1. The molecule has 1 aliphatic heterocycles. The van der Waals surface area contributed by atoms with E-state index < -0.39 is 0 Å². The molecule has 2 aromatic carbocycles. The van der Waals surface area contributed by atoms with Gasteiger partial charge in [-0.25, -0.2) is 4.39 Å². The summed E-state index contributed by atoms with van der Waals surface area (Å²) >= 11 is 0. The van der Waals surface area contributed by atoms with Gasteiger partial charge >= 0.3 is 0 Å². The van der Waals surface area contributed by atoms with Gasteiger partial charge in [-0.15, -0.1) is 0 Å². The quantitative estimate of drug-likeness (QED) is 0.941. The van der Waals surface area contributed by atoms with E-state index in [9.17, 15) is 4.39 Å². The highest BCUT2D eigenvalue weighted by Gasteiger charge is 2.26. The minimum atomic E-state index is -0.362. The Balaban J connectivity index is 2.07. The van der Waals surface area contributed by atoms with E-state index in [0.717, 1.165) is 35.4 Å². The van der Waals surface area contributed by atoms with E-state index in [4.69, 9.17) is 14.2 Å². The molecular formula is C18H20FNO3. The van der Waals surface area contributed by atoms with Crippen molar-refractivity contribution < 1.29 is 18.6 Å². The second-order valence-corrected chi connectivity index (χ2v) is 5.40. The Morgan fingerprint density at radius 1 is 1.00 bits per heavy atom. The molecule has 23 heavy (non-hydrogen) atoms. The highest BCUT2D eigenvalue weighted by molar-refractivity contribution is 5.54. The van der Waals surface area contributed by atoms with Gasteiger partial charge in [-0.1, -0.05) is 12.1 Å². The molecular weight excluding hydrogens is 297 g/mol. The van der Waals surface area contributed by atoms with E-state index in [1.807, 2.05) is 18.2 Å². The monoisotopic (exact) mass is 317 g/mol. The van der Waals surface area contributed by atoms with E-state index in [0.29, 0.717) is 5.75 Å².